The Morgan fingerprint density at radius 1 is 1.30 bits per heavy atom. The molecule has 0 saturated heterocycles. The second-order valence-electron chi connectivity index (χ2n) is 5.61. The van der Waals surface area contributed by atoms with Crippen LogP contribution in [0.5, 0.6) is 5.75 Å². The fraction of sp³-hybridized carbons (Fsp3) is 0.188. The summed E-state index contributed by atoms with van der Waals surface area (Å²) >= 11 is 0.615. The second-order valence-corrected chi connectivity index (χ2v) is 6.44. The van der Waals surface area contributed by atoms with Crippen molar-refractivity contribution in [1.29, 1.82) is 0 Å². The number of hydrogen-bond donors (Lipinski definition) is 3. The molecule has 3 N–H and O–H groups in total. The van der Waals surface area contributed by atoms with E-state index < -0.39 is 35.1 Å². The van der Waals surface area contributed by atoms with Gasteiger partial charge in [-0.25, -0.2) is 9.78 Å². The lowest BCUT2D eigenvalue weighted by atomic mass is 10.1. The van der Waals surface area contributed by atoms with Crippen LogP contribution in [0.2, 0.25) is 0 Å². The zero-order valence-electron chi connectivity index (χ0n) is 13.4. The van der Waals surface area contributed by atoms with Crippen LogP contribution in [0, 0.1) is 0 Å². The Labute approximate surface area is 154 Å². The van der Waals surface area contributed by atoms with Crippen molar-refractivity contribution in [3.63, 3.8) is 0 Å². The molecule has 1 aromatic carbocycles. The molecule has 0 aliphatic carbocycles. The number of alkyl halides is 3. The quantitative estimate of drug-likeness (QED) is 0.730. The maximum absolute atomic E-state index is 13.5. The van der Waals surface area contributed by atoms with Crippen LogP contribution in [0.25, 0.3) is 6.08 Å². The van der Waals surface area contributed by atoms with Gasteiger partial charge in [-0.1, -0.05) is 18.2 Å². The first kappa shape index (κ1) is 18.9. The number of carboxylic acid groups (broad SMARTS) is 1. The molecule has 0 radical (unpaired) electrons. The summed E-state index contributed by atoms with van der Waals surface area (Å²) in [5, 5.41) is 33.5. The van der Waals surface area contributed by atoms with Crippen molar-refractivity contribution in [1.82, 2.24) is 4.98 Å². The third kappa shape index (κ3) is 3.51. The largest absolute Gasteiger partial charge is 0.507 e. The Kier molecular flexibility index (Phi) is 4.66. The summed E-state index contributed by atoms with van der Waals surface area (Å²) in [4.78, 5) is 14.5. The Balaban J connectivity index is 1.97. The van der Waals surface area contributed by atoms with E-state index in [1.807, 2.05) is 0 Å². The molecule has 0 amide bonds. The molecule has 3 rings (SSSR count). The molecule has 2 aromatic rings. The van der Waals surface area contributed by atoms with Crippen LogP contribution >= 0.6 is 11.3 Å². The number of aromatic hydroxyl groups is 1. The highest BCUT2D eigenvalue weighted by atomic mass is 32.1. The van der Waals surface area contributed by atoms with Crippen molar-refractivity contribution in [2.24, 2.45) is 5.10 Å². The predicted octanol–water partition coefficient (Wildman–Crippen LogP) is 3.08. The number of nitrogens with zero attached hydrogens (tertiary/aromatic N) is 3. The van der Waals surface area contributed by atoms with Crippen LogP contribution in [0.3, 0.4) is 0 Å². The van der Waals surface area contributed by atoms with Crippen molar-refractivity contribution >= 4 is 34.2 Å². The standard InChI is InChI=1S/C16H12F3N3O4S/c17-16(18,19)15(26)7-10(6-5-9-3-1-2-4-12(9)23)21-22(15)14-20-11(8-27-14)13(24)25/h1-6,8,23,26H,7H2,(H,24,25). The molecule has 0 saturated carbocycles. The molecular weight excluding hydrogens is 387 g/mol. The molecule has 1 aliphatic rings. The monoisotopic (exact) mass is 399 g/mol. The maximum Gasteiger partial charge on any atom is 0.438 e. The Morgan fingerprint density at radius 2 is 2.00 bits per heavy atom. The minimum Gasteiger partial charge on any atom is -0.507 e. The summed E-state index contributed by atoms with van der Waals surface area (Å²) in [6.45, 7) is 0. The fourth-order valence-electron chi connectivity index (χ4n) is 2.36. The Bertz CT molecular complexity index is 941. The molecule has 2 heterocycles. The third-order valence-electron chi connectivity index (χ3n) is 3.74. The number of carboxylic acids is 1. The van der Waals surface area contributed by atoms with Gasteiger partial charge in [0.15, 0.2) is 5.69 Å². The molecule has 1 aliphatic heterocycles. The van der Waals surface area contributed by atoms with Gasteiger partial charge in [-0.2, -0.15) is 23.3 Å². The number of aliphatic hydroxyl groups is 1. The van der Waals surface area contributed by atoms with Crippen molar-refractivity contribution in [2.75, 3.05) is 5.01 Å². The molecular formula is C16H12F3N3O4S. The van der Waals surface area contributed by atoms with Crippen LogP contribution < -0.4 is 5.01 Å². The molecule has 11 heteroatoms. The first-order chi connectivity index (χ1) is 12.6. The van der Waals surface area contributed by atoms with E-state index in [9.17, 15) is 28.2 Å². The number of thiazole rings is 1. The summed E-state index contributed by atoms with van der Waals surface area (Å²) in [6.07, 6.45) is -3.37. The van der Waals surface area contributed by atoms with Gasteiger partial charge in [0.2, 0.25) is 5.13 Å². The average Bonchev–Trinajstić information content (AvgIpc) is 3.19. The van der Waals surface area contributed by atoms with Gasteiger partial charge < -0.3 is 15.3 Å². The van der Waals surface area contributed by atoms with E-state index in [4.69, 9.17) is 5.11 Å². The number of phenolic OH excluding ortho intramolecular Hbond substituents is 1. The van der Waals surface area contributed by atoms with Crippen LogP contribution in [0.1, 0.15) is 22.5 Å². The highest BCUT2D eigenvalue weighted by Gasteiger charge is 2.62. The van der Waals surface area contributed by atoms with Gasteiger partial charge >= 0.3 is 12.1 Å². The van der Waals surface area contributed by atoms with Gasteiger partial charge in [0.1, 0.15) is 5.75 Å². The van der Waals surface area contributed by atoms with E-state index >= 15 is 0 Å². The smallest absolute Gasteiger partial charge is 0.438 e. The average molecular weight is 399 g/mol. The second kappa shape index (κ2) is 6.67. The van der Waals surface area contributed by atoms with E-state index in [2.05, 4.69) is 10.1 Å². The van der Waals surface area contributed by atoms with Crippen molar-refractivity contribution < 1.29 is 33.3 Å². The van der Waals surface area contributed by atoms with Crippen LogP contribution in [-0.4, -0.2) is 43.9 Å². The SMILES string of the molecule is O=C(O)c1csc(N2N=C(C=Cc3ccccc3O)CC2(O)C(F)(F)F)n1. The van der Waals surface area contributed by atoms with Crippen LogP contribution in [0.15, 0.2) is 40.8 Å². The number of rotatable bonds is 4. The molecule has 0 bridgehead atoms. The van der Waals surface area contributed by atoms with Gasteiger partial charge in [-0.05, 0) is 18.2 Å². The number of anilines is 1. The molecule has 1 unspecified atom stereocenters. The molecule has 142 valence electrons. The summed E-state index contributed by atoms with van der Waals surface area (Å²) in [5.74, 6) is -1.47. The lowest BCUT2D eigenvalue weighted by Crippen LogP contribution is -2.55. The van der Waals surface area contributed by atoms with Gasteiger partial charge in [0.25, 0.3) is 5.72 Å². The van der Waals surface area contributed by atoms with Gasteiger partial charge in [-0.15, -0.1) is 11.3 Å². The summed E-state index contributed by atoms with van der Waals surface area (Å²) in [6, 6.07) is 6.19. The van der Waals surface area contributed by atoms with E-state index in [0.29, 0.717) is 16.9 Å². The van der Waals surface area contributed by atoms with E-state index in [0.717, 1.165) is 5.38 Å². The number of benzene rings is 1. The van der Waals surface area contributed by atoms with Crippen molar-refractivity contribution in [3.8, 4) is 5.75 Å². The van der Waals surface area contributed by atoms with E-state index in [1.165, 1.54) is 18.2 Å². The molecule has 1 atom stereocenters. The zero-order chi connectivity index (χ0) is 19.8. The van der Waals surface area contributed by atoms with Gasteiger partial charge in [-0.3, -0.25) is 0 Å². The third-order valence-corrected chi connectivity index (χ3v) is 4.56. The van der Waals surface area contributed by atoms with Crippen LogP contribution in [-0.2, 0) is 0 Å². The summed E-state index contributed by atoms with van der Waals surface area (Å²) in [7, 11) is 0. The summed E-state index contributed by atoms with van der Waals surface area (Å²) < 4.78 is 40.4. The fourth-order valence-corrected chi connectivity index (χ4v) is 3.18. The Morgan fingerprint density at radius 3 is 2.59 bits per heavy atom. The molecule has 1 aromatic heterocycles. The minimum atomic E-state index is -5.07. The number of para-hydroxylation sites is 1. The molecule has 0 spiro atoms. The van der Waals surface area contributed by atoms with Crippen molar-refractivity contribution in [3.05, 3.63) is 47.0 Å². The number of hydrazone groups is 1. The van der Waals surface area contributed by atoms with E-state index in [-0.39, 0.29) is 16.5 Å². The molecule has 7 nitrogen and oxygen atoms in total. The maximum atomic E-state index is 13.5. The summed E-state index contributed by atoms with van der Waals surface area (Å²) in [5.41, 5.74) is -3.58. The highest BCUT2D eigenvalue weighted by molar-refractivity contribution is 7.14. The molecule has 27 heavy (non-hydrogen) atoms. The predicted molar refractivity (Wildman–Crippen MR) is 91.7 cm³/mol. The normalized spacial score (nSPS) is 20.3. The minimum absolute atomic E-state index is 0.0682. The van der Waals surface area contributed by atoms with Gasteiger partial charge in [0.05, 0.1) is 12.1 Å². The first-order valence-electron chi connectivity index (χ1n) is 7.43. The topological polar surface area (TPSA) is 106 Å². The lowest BCUT2D eigenvalue weighted by Gasteiger charge is -2.32. The number of carbonyl (C=O) groups is 1. The number of halogens is 3. The number of aromatic nitrogens is 1. The molecule has 0 fully saturated rings. The van der Waals surface area contributed by atoms with E-state index in [1.54, 1.807) is 18.2 Å². The van der Waals surface area contributed by atoms with Crippen LogP contribution in [0.4, 0.5) is 18.3 Å². The number of phenols is 1. The first-order valence-corrected chi connectivity index (χ1v) is 8.31. The number of allylic oxidation sites excluding steroid dienone is 1. The highest BCUT2D eigenvalue weighted by Crippen LogP contribution is 2.43. The zero-order valence-corrected chi connectivity index (χ0v) is 14.2. The lowest BCUT2D eigenvalue weighted by molar-refractivity contribution is -0.254. The number of hydrogen-bond acceptors (Lipinski definition) is 7. The van der Waals surface area contributed by atoms with Gasteiger partial charge in [0, 0.05) is 10.9 Å². The Hall–Kier alpha value is -2.92. The number of aromatic carboxylic acids is 1. The van der Waals surface area contributed by atoms with Crippen molar-refractivity contribution in [2.45, 2.75) is 18.3 Å².